The maximum Gasteiger partial charge on any atom is 0.228 e. The van der Waals surface area contributed by atoms with Crippen molar-refractivity contribution < 1.29 is 8.91 Å². The molecule has 1 fully saturated rings. The quantitative estimate of drug-likeness (QED) is 0.910. The third-order valence-corrected chi connectivity index (χ3v) is 4.40. The van der Waals surface area contributed by atoms with E-state index in [-0.39, 0.29) is 11.4 Å². The number of hydrogen-bond acceptors (Lipinski definition) is 4. The summed E-state index contributed by atoms with van der Waals surface area (Å²) in [7, 11) is 0. The van der Waals surface area contributed by atoms with Crippen molar-refractivity contribution in [1.82, 2.24) is 10.1 Å². The van der Waals surface area contributed by atoms with Crippen molar-refractivity contribution in [3.63, 3.8) is 0 Å². The maximum absolute atomic E-state index is 13.4. The fourth-order valence-corrected chi connectivity index (χ4v) is 3.33. The summed E-state index contributed by atoms with van der Waals surface area (Å²) in [5.74, 6) is 0.577. The van der Waals surface area contributed by atoms with Gasteiger partial charge >= 0.3 is 0 Å². The van der Waals surface area contributed by atoms with Crippen molar-refractivity contribution in [3.8, 4) is 11.4 Å². The van der Waals surface area contributed by atoms with Crippen LogP contribution in [0.25, 0.3) is 11.4 Å². The minimum absolute atomic E-state index is 0.245. The van der Waals surface area contributed by atoms with Gasteiger partial charge in [0.2, 0.25) is 11.7 Å². The third-order valence-electron chi connectivity index (χ3n) is 3.94. The predicted octanol–water partition coefficient (Wildman–Crippen LogP) is 3.84. The predicted molar refractivity (Wildman–Crippen MR) is 81.1 cm³/mol. The molecule has 4 nitrogen and oxygen atoms in total. The second kappa shape index (κ2) is 5.85. The first-order valence-electron chi connectivity index (χ1n) is 7.12. The van der Waals surface area contributed by atoms with Gasteiger partial charge in [-0.25, -0.2) is 4.39 Å². The average Bonchev–Trinajstić information content (AvgIpc) is 2.86. The first-order valence-corrected chi connectivity index (χ1v) is 7.91. The van der Waals surface area contributed by atoms with Gasteiger partial charge in [-0.05, 0) is 31.0 Å². The highest BCUT2D eigenvalue weighted by Crippen LogP contribution is 2.29. The summed E-state index contributed by atoms with van der Waals surface area (Å²) >= 11 is 3.26. The van der Waals surface area contributed by atoms with Crippen molar-refractivity contribution in [2.75, 3.05) is 0 Å². The first kappa shape index (κ1) is 14.7. The Morgan fingerprint density at radius 3 is 2.71 bits per heavy atom. The minimum Gasteiger partial charge on any atom is -0.339 e. The van der Waals surface area contributed by atoms with Gasteiger partial charge in [0.1, 0.15) is 5.82 Å². The summed E-state index contributed by atoms with van der Waals surface area (Å²) in [4.78, 5) is 4.36. The Bertz CT molecular complexity index is 617. The van der Waals surface area contributed by atoms with Gasteiger partial charge in [-0.15, -0.1) is 0 Å². The van der Waals surface area contributed by atoms with Crippen LogP contribution in [0, 0.1) is 5.82 Å². The highest BCUT2D eigenvalue weighted by atomic mass is 79.9. The second-order valence-corrected chi connectivity index (χ2v) is 6.69. The van der Waals surface area contributed by atoms with E-state index >= 15 is 0 Å². The Morgan fingerprint density at radius 1 is 1.24 bits per heavy atom. The van der Waals surface area contributed by atoms with Crippen molar-refractivity contribution >= 4 is 15.9 Å². The molecule has 1 aliphatic carbocycles. The lowest BCUT2D eigenvalue weighted by Crippen LogP contribution is -2.43. The van der Waals surface area contributed by atoms with E-state index in [4.69, 9.17) is 10.3 Å². The van der Waals surface area contributed by atoms with Crippen LogP contribution in [0.2, 0.25) is 0 Å². The molecule has 1 aliphatic rings. The molecule has 0 bridgehead atoms. The smallest absolute Gasteiger partial charge is 0.228 e. The van der Waals surface area contributed by atoms with E-state index in [1.165, 1.54) is 18.6 Å². The number of nitrogens with zero attached hydrogens (tertiary/aromatic N) is 2. The molecule has 0 unspecified atom stereocenters. The zero-order valence-electron chi connectivity index (χ0n) is 11.6. The Balaban J connectivity index is 1.79. The van der Waals surface area contributed by atoms with Crippen LogP contribution in [-0.4, -0.2) is 15.7 Å². The molecule has 1 aromatic heterocycles. The molecule has 0 radical (unpaired) electrons. The number of benzene rings is 1. The molecule has 0 saturated heterocycles. The summed E-state index contributed by atoms with van der Waals surface area (Å²) in [6, 6.07) is 4.54. The summed E-state index contributed by atoms with van der Waals surface area (Å²) < 4.78 is 19.4. The lowest BCUT2D eigenvalue weighted by atomic mass is 9.80. The van der Waals surface area contributed by atoms with Crippen LogP contribution in [0.3, 0.4) is 0 Å². The number of rotatable bonds is 3. The standard InChI is InChI=1S/C15H17BrFN3O/c16-11-6-10(7-12(17)8-11)14-19-13(21-20-14)9-15(18)4-2-1-3-5-15/h6-8H,1-5,9,18H2. The molecule has 112 valence electrons. The Labute approximate surface area is 131 Å². The minimum atomic E-state index is -0.340. The molecule has 0 aliphatic heterocycles. The van der Waals surface area contributed by atoms with Gasteiger partial charge in [-0.1, -0.05) is 40.3 Å². The third kappa shape index (κ3) is 3.49. The number of aromatic nitrogens is 2. The van der Waals surface area contributed by atoms with Crippen LogP contribution in [0.1, 0.15) is 38.0 Å². The van der Waals surface area contributed by atoms with Crippen LogP contribution in [0.15, 0.2) is 27.2 Å². The lowest BCUT2D eigenvalue weighted by molar-refractivity contribution is 0.261. The van der Waals surface area contributed by atoms with Crippen molar-refractivity contribution in [1.29, 1.82) is 0 Å². The van der Waals surface area contributed by atoms with Gasteiger partial charge in [0.15, 0.2) is 0 Å². The van der Waals surface area contributed by atoms with Gasteiger partial charge in [0, 0.05) is 22.0 Å². The topological polar surface area (TPSA) is 64.9 Å². The summed E-state index contributed by atoms with van der Waals surface area (Å²) in [6.45, 7) is 0. The van der Waals surface area contributed by atoms with E-state index in [1.54, 1.807) is 6.07 Å². The van der Waals surface area contributed by atoms with Crippen molar-refractivity contribution in [2.24, 2.45) is 5.73 Å². The molecule has 0 amide bonds. The van der Waals surface area contributed by atoms with Gasteiger partial charge in [-0.3, -0.25) is 0 Å². The summed E-state index contributed by atoms with van der Waals surface area (Å²) in [5.41, 5.74) is 6.74. The van der Waals surface area contributed by atoms with E-state index in [0.717, 1.165) is 25.7 Å². The first-order chi connectivity index (χ1) is 10.0. The zero-order valence-corrected chi connectivity index (χ0v) is 13.2. The van der Waals surface area contributed by atoms with Crippen molar-refractivity contribution in [2.45, 2.75) is 44.1 Å². The molecule has 1 aromatic carbocycles. The lowest BCUT2D eigenvalue weighted by Gasteiger charge is -2.31. The summed E-state index contributed by atoms with van der Waals surface area (Å²) in [5, 5.41) is 3.94. The molecule has 21 heavy (non-hydrogen) atoms. The van der Waals surface area contributed by atoms with E-state index in [1.807, 2.05) is 0 Å². The highest BCUT2D eigenvalue weighted by Gasteiger charge is 2.30. The van der Waals surface area contributed by atoms with Crippen LogP contribution >= 0.6 is 15.9 Å². The molecule has 0 atom stereocenters. The second-order valence-electron chi connectivity index (χ2n) is 5.77. The van der Waals surface area contributed by atoms with Gasteiger partial charge < -0.3 is 10.3 Å². The van der Waals surface area contributed by atoms with Crippen LogP contribution in [0.5, 0.6) is 0 Å². The molecular weight excluding hydrogens is 337 g/mol. The Kier molecular flexibility index (Phi) is 4.08. The molecule has 2 aromatic rings. The SMILES string of the molecule is NC1(Cc2nc(-c3cc(F)cc(Br)c3)no2)CCCCC1. The maximum atomic E-state index is 13.4. The number of halogens is 2. The highest BCUT2D eigenvalue weighted by molar-refractivity contribution is 9.10. The van der Waals surface area contributed by atoms with Crippen LogP contribution in [0.4, 0.5) is 4.39 Å². The average molecular weight is 354 g/mol. The number of hydrogen-bond donors (Lipinski definition) is 1. The van der Waals surface area contributed by atoms with Crippen LogP contribution in [-0.2, 0) is 6.42 Å². The Morgan fingerprint density at radius 2 is 2.00 bits per heavy atom. The van der Waals surface area contributed by atoms with Gasteiger partial charge in [0.25, 0.3) is 0 Å². The monoisotopic (exact) mass is 353 g/mol. The molecule has 6 heteroatoms. The Hall–Kier alpha value is -1.27. The van der Waals surface area contributed by atoms with Crippen molar-refractivity contribution in [3.05, 3.63) is 34.4 Å². The molecule has 3 rings (SSSR count). The van der Waals surface area contributed by atoms with Gasteiger partial charge in [-0.2, -0.15) is 4.98 Å². The molecule has 0 spiro atoms. The van der Waals surface area contributed by atoms with Gasteiger partial charge in [0.05, 0.1) is 0 Å². The fourth-order valence-electron chi connectivity index (χ4n) is 2.86. The zero-order chi connectivity index (χ0) is 14.9. The van der Waals surface area contributed by atoms with E-state index in [9.17, 15) is 4.39 Å². The molecule has 2 N–H and O–H groups in total. The molecular formula is C15H17BrFN3O. The fraction of sp³-hybridized carbons (Fsp3) is 0.467. The molecule has 1 heterocycles. The number of nitrogens with two attached hydrogens (primary N) is 1. The largest absolute Gasteiger partial charge is 0.339 e. The van der Waals surface area contributed by atoms with E-state index < -0.39 is 0 Å². The van der Waals surface area contributed by atoms with E-state index in [2.05, 4.69) is 26.1 Å². The normalized spacial score (nSPS) is 17.9. The molecule has 1 saturated carbocycles. The van der Waals surface area contributed by atoms with Crippen LogP contribution < -0.4 is 5.73 Å². The van der Waals surface area contributed by atoms with E-state index in [0.29, 0.717) is 28.2 Å². The summed E-state index contributed by atoms with van der Waals surface area (Å²) in [6.07, 6.45) is 6.08.